The minimum absolute atomic E-state index is 0. The third kappa shape index (κ3) is 2.79. The molecular weight excluding hydrogens is 184 g/mol. The van der Waals surface area contributed by atoms with E-state index >= 15 is 0 Å². The van der Waals surface area contributed by atoms with Crippen LogP contribution in [0.2, 0.25) is 0 Å². The van der Waals surface area contributed by atoms with E-state index in [1.54, 1.807) is 0 Å². The van der Waals surface area contributed by atoms with Crippen LogP contribution >= 0.6 is 0 Å². The van der Waals surface area contributed by atoms with Crippen molar-refractivity contribution >= 4 is 0 Å². The zero-order valence-electron chi connectivity index (χ0n) is 6.05. The molecule has 2 nitrogen and oxygen atoms in total. The molecule has 0 aromatic rings. The molecule has 0 aromatic carbocycles. The van der Waals surface area contributed by atoms with Gasteiger partial charge in [-0.2, -0.15) is 0 Å². The van der Waals surface area contributed by atoms with E-state index < -0.39 is 0 Å². The fraction of sp³-hybridized carbons (Fsp3) is 0.500. The minimum atomic E-state index is 0. The predicted octanol–water partition coefficient (Wildman–Crippen LogP) is 0.894. The predicted molar refractivity (Wildman–Crippen MR) is 37.8 cm³/mol. The molecule has 11 heavy (non-hydrogen) atoms. The van der Waals surface area contributed by atoms with Crippen LogP contribution in [0.1, 0.15) is 0 Å². The first-order chi connectivity index (χ1) is 4.95. The monoisotopic (exact) mass is 194 g/mol. The second-order valence-corrected chi connectivity index (χ2v) is 2.52. The Bertz CT molecular complexity index is 161. The fourth-order valence-corrected chi connectivity index (χ4v) is 0.905. The van der Waals surface area contributed by atoms with Crippen LogP contribution in [0, 0.1) is 0 Å². The van der Waals surface area contributed by atoms with Crippen LogP contribution in [0.15, 0.2) is 24.3 Å². The van der Waals surface area contributed by atoms with Crippen LogP contribution in [-0.4, -0.2) is 25.4 Å². The normalized spacial score (nSPS) is 27.1. The number of ether oxygens (including phenoxy) is 2. The molecule has 1 fully saturated rings. The molecular formula is C8H10FeO2. The SMILES string of the molecule is C1=CC(OCC2CO2)C=C1.[Fe]. The Labute approximate surface area is 76.7 Å². The molecule has 1 aliphatic carbocycles. The molecule has 0 amide bonds. The van der Waals surface area contributed by atoms with E-state index in [1.807, 2.05) is 24.3 Å². The molecule has 1 atom stereocenters. The van der Waals surface area contributed by atoms with Crippen LogP contribution in [0.25, 0.3) is 0 Å². The number of allylic oxidation sites excluding steroid dienone is 2. The van der Waals surface area contributed by atoms with Gasteiger partial charge in [0.2, 0.25) is 0 Å². The molecule has 1 unspecified atom stereocenters. The van der Waals surface area contributed by atoms with E-state index in [0.29, 0.717) is 6.10 Å². The summed E-state index contributed by atoms with van der Waals surface area (Å²) in [6.07, 6.45) is 8.63. The van der Waals surface area contributed by atoms with E-state index in [9.17, 15) is 0 Å². The van der Waals surface area contributed by atoms with E-state index in [-0.39, 0.29) is 23.2 Å². The quantitative estimate of drug-likeness (QED) is 0.491. The van der Waals surface area contributed by atoms with Gasteiger partial charge in [0.05, 0.1) is 19.3 Å². The van der Waals surface area contributed by atoms with Gasteiger partial charge in [-0.1, -0.05) is 24.3 Å². The van der Waals surface area contributed by atoms with Crippen LogP contribution < -0.4 is 0 Å². The molecule has 2 rings (SSSR count). The van der Waals surface area contributed by atoms with E-state index in [1.165, 1.54) is 0 Å². The summed E-state index contributed by atoms with van der Waals surface area (Å²) in [7, 11) is 0. The second-order valence-electron chi connectivity index (χ2n) is 2.52. The molecule has 0 bridgehead atoms. The third-order valence-corrected chi connectivity index (χ3v) is 1.59. The molecule has 2 aliphatic rings. The first kappa shape index (κ1) is 9.01. The molecule has 0 saturated carbocycles. The minimum Gasteiger partial charge on any atom is -0.371 e. The molecule has 0 aromatic heterocycles. The molecule has 62 valence electrons. The number of hydrogen-bond acceptors (Lipinski definition) is 2. The van der Waals surface area contributed by atoms with Gasteiger partial charge in [0, 0.05) is 17.1 Å². The van der Waals surface area contributed by atoms with Gasteiger partial charge in [0.15, 0.2) is 0 Å². The van der Waals surface area contributed by atoms with Gasteiger partial charge in [-0.3, -0.25) is 0 Å². The maximum atomic E-state index is 5.43. The Balaban J connectivity index is 0.000000605. The van der Waals surface area contributed by atoms with Gasteiger partial charge < -0.3 is 9.47 Å². The summed E-state index contributed by atoms with van der Waals surface area (Å²) in [5.74, 6) is 0. The van der Waals surface area contributed by atoms with Crippen LogP contribution in [0.4, 0.5) is 0 Å². The molecule has 1 heterocycles. The molecule has 0 N–H and O–H groups in total. The molecule has 0 radical (unpaired) electrons. The molecule has 3 heteroatoms. The van der Waals surface area contributed by atoms with Crippen molar-refractivity contribution in [2.45, 2.75) is 12.2 Å². The van der Waals surface area contributed by atoms with Crippen molar-refractivity contribution in [1.82, 2.24) is 0 Å². The van der Waals surface area contributed by atoms with E-state index in [4.69, 9.17) is 9.47 Å². The first-order valence-electron chi connectivity index (χ1n) is 3.53. The van der Waals surface area contributed by atoms with Crippen molar-refractivity contribution in [2.75, 3.05) is 13.2 Å². The number of rotatable bonds is 3. The van der Waals surface area contributed by atoms with Crippen molar-refractivity contribution in [3.63, 3.8) is 0 Å². The van der Waals surface area contributed by atoms with Gasteiger partial charge in [-0.05, 0) is 0 Å². The fourth-order valence-electron chi connectivity index (χ4n) is 0.905. The van der Waals surface area contributed by atoms with Gasteiger partial charge >= 0.3 is 0 Å². The summed E-state index contributed by atoms with van der Waals surface area (Å²) < 4.78 is 10.4. The smallest absolute Gasteiger partial charge is 0.104 e. The topological polar surface area (TPSA) is 21.8 Å². The van der Waals surface area contributed by atoms with Crippen LogP contribution in [0.3, 0.4) is 0 Å². The summed E-state index contributed by atoms with van der Waals surface area (Å²) in [6.45, 7) is 1.61. The zero-order valence-corrected chi connectivity index (χ0v) is 7.15. The maximum absolute atomic E-state index is 5.43. The Morgan fingerprint density at radius 1 is 1.36 bits per heavy atom. The van der Waals surface area contributed by atoms with Gasteiger partial charge in [-0.15, -0.1) is 0 Å². The number of hydrogen-bond donors (Lipinski definition) is 0. The summed E-state index contributed by atoms with van der Waals surface area (Å²) >= 11 is 0. The first-order valence-corrected chi connectivity index (χ1v) is 3.53. The van der Waals surface area contributed by atoms with Crippen molar-refractivity contribution in [2.24, 2.45) is 0 Å². The summed E-state index contributed by atoms with van der Waals surface area (Å²) in [4.78, 5) is 0. The molecule has 0 spiro atoms. The average molecular weight is 194 g/mol. The molecule has 1 saturated heterocycles. The maximum Gasteiger partial charge on any atom is 0.104 e. The standard InChI is InChI=1S/C8H10O2.Fe/c1-2-4-7(3-1)9-5-8-6-10-8;/h1-4,7-8H,5-6H2;. The third-order valence-electron chi connectivity index (χ3n) is 1.59. The van der Waals surface area contributed by atoms with Crippen molar-refractivity contribution in [3.05, 3.63) is 24.3 Å². The summed E-state index contributed by atoms with van der Waals surface area (Å²) in [5, 5.41) is 0. The Morgan fingerprint density at radius 2 is 2.00 bits per heavy atom. The summed E-state index contributed by atoms with van der Waals surface area (Å²) in [6, 6.07) is 0. The van der Waals surface area contributed by atoms with Crippen LogP contribution in [-0.2, 0) is 26.5 Å². The van der Waals surface area contributed by atoms with Crippen molar-refractivity contribution < 1.29 is 26.5 Å². The Kier molecular flexibility index (Phi) is 3.34. The van der Waals surface area contributed by atoms with E-state index in [2.05, 4.69) is 0 Å². The second kappa shape index (κ2) is 4.07. The van der Waals surface area contributed by atoms with Gasteiger partial charge in [-0.25, -0.2) is 0 Å². The van der Waals surface area contributed by atoms with E-state index in [0.717, 1.165) is 13.2 Å². The van der Waals surface area contributed by atoms with Crippen molar-refractivity contribution in [3.8, 4) is 0 Å². The Morgan fingerprint density at radius 3 is 2.55 bits per heavy atom. The largest absolute Gasteiger partial charge is 0.371 e. The summed E-state index contributed by atoms with van der Waals surface area (Å²) in [5.41, 5.74) is 0. The van der Waals surface area contributed by atoms with Gasteiger partial charge in [0.25, 0.3) is 0 Å². The number of epoxide rings is 1. The van der Waals surface area contributed by atoms with Crippen molar-refractivity contribution in [1.29, 1.82) is 0 Å². The zero-order chi connectivity index (χ0) is 6.81. The van der Waals surface area contributed by atoms with Crippen LogP contribution in [0.5, 0.6) is 0 Å². The average Bonchev–Trinajstić information content (AvgIpc) is 2.63. The molecule has 1 aliphatic heterocycles. The van der Waals surface area contributed by atoms with Gasteiger partial charge in [0.1, 0.15) is 6.10 Å². The Hall–Kier alpha value is -0.0805.